The second-order valence-corrected chi connectivity index (χ2v) is 7.77. The van der Waals surface area contributed by atoms with Gasteiger partial charge in [0.05, 0.1) is 0 Å². The Morgan fingerprint density at radius 3 is 1.46 bits per heavy atom. The fourth-order valence-corrected chi connectivity index (χ4v) is 0.800. The molecular formula is C5H4Br4O4. The summed E-state index contributed by atoms with van der Waals surface area (Å²) in [5, 5.41) is 0. The van der Waals surface area contributed by atoms with Gasteiger partial charge in [-0.05, 0) is 0 Å². The highest BCUT2D eigenvalue weighted by Gasteiger charge is 2.15. The summed E-state index contributed by atoms with van der Waals surface area (Å²) < 4.78 is 7.82. The number of ether oxygens (including phenoxy) is 2. The van der Waals surface area contributed by atoms with E-state index in [0.29, 0.717) is 0 Å². The van der Waals surface area contributed by atoms with E-state index in [2.05, 4.69) is 73.2 Å². The molecule has 0 spiro atoms. The van der Waals surface area contributed by atoms with E-state index in [1.807, 2.05) is 0 Å². The molecule has 0 aliphatic heterocycles. The van der Waals surface area contributed by atoms with Crippen molar-refractivity contribution in [3.8, 4) is 0 Å². The minimum Gasteiger partial charge on any atom is -0.426 e. The summed E-state index contributed by atoms with van der Waals surface area (Å²) >= 11 is 11.7. The molecule has 0 rings (SSSR count). The van der Waals surface area contributed by atoms with Gasteiger partial charge in [-0.25, -0.2) is 9.59 Å². The van der Waals surface area contributed by atoms with Crippen LogP contribution in [0.1, 0.15) is 0 Å². The first-order valence-corrected chi connectivity index (χ1v) is 6.51. The molecule has 0 aliphatic carbocycles. The van der Waals surface area contributed by atoms with Crippen molar-refractivity contribution in [2.75, 3.05) is 6.79 Å². The van der Waals surface area contributed by atoms with E-state index in [1.54, 1.807) is 0 Å². The first kappa shape index (κ1) is 13.9. The van der Waals surface area contributed by atoms with Crippen molar-refractivity contribution in [1.29, 1.82) is 0 Å². The molecule has 13 heavy (non-hydrogen) atoms. The van der Waals surface area contributed by atoms with Crippen LogP contribution >= 0.6 is 63.7 Å². The lowest BCUT2D eigenvalue weighted by Crippen LogP contribution is -2.18. The molecule has 0 amide bonds. The van der Waals surface area contributed by atoms with Crippen LogP contribution in [0.4, 0.5) is 0 Å². The Labute approximate surface area is 108 Å². The molecule has 0 aromatic heterocycles. The topological polar surface area (TPSA) is 52.6 Å². The molecular weight excluding hydrogens is 444 g/mol. The van der Waals surface area contributed by atoms with Crippen molar-refractivity contribution in [3.05, 3.63) is 0 Å². The summed E-state index contributed by atoms with van der Waals surface area (Å²) in [5.74, 6) is -1.12. The molecule has 4 nitrogen and oxygen atoms in total. The van der Waals surface area contributed by atoms with E-state index in [1.165, 1.54) is 0 Å². The van der Waals surface area contributed by atoms with Crippen LogP contribution in [0.25, 0.3) is 0 Å². The average molecular weight is 448 g/mol. The maximum atomic E-state index is 10.8. The van der Waals surface area contributed by atoms with Crippen molar-refractivity contribution in [2.45, 2.75) is 7.47 Å². The Morgan fingerprint density at radius 2 is 1.23 bits per heavy atom. The van der Waals surface area contributed by atoms with E-state index in [0.717, 1.165) is 0 Å². The summed E-state index contributed by atoms with van der Waals surface area (Å²) in [6, 6.07) is 0. The Morgan fingerprint density at radius 1 is 0.923 bits per heavy atom. The first-order chi connectivity index (χ1) is 5.95. The normalized spacial score (nSPS) is 10.3. The molecule has 0 heterocycles. The number of alkyl halides is 4. The van der Waals surface area contributed by atoms with Crippen molar-refractivity contribution >= 4 is 75.7 Å². The van der Waals surface area contributed by atoms with E-state index >= 15 is 0 Å². The van der Waals surface area contributed by atoms with E-state index in [-0.39, 0.29) is 0 Å². The van der Waals surface area contributed by atoms with Crippen LogP contribution in [0.3, 0.4) is 0 Å². The van der Waals surface area contributed by atoms with Gasteiger partial charge < -0.3 is 9.47 Å². The van der Waals surface area contributed by atoms with Crippen molar-refractivity contribution in [2.24, 2.45) is 0 Å². The van der Waals surface area contributed by atoms with Gasteiger partial charge in [-0.15, -0.1) is 0 Å². The fourth-order valence-electron chi connectivity index (χ4n) is 0.272. The molecule has 76 valence electrons. The first-order valence-electron chi connectivity index (χ1n) is 2.84. The lowest BCUT2D eigenvalue weighted by Gasteiger charge is -2.06. The quantitative estimate of drug-likeness (QED) is 0.377. The number of rotatable bonds is 4. The van der Waals surface area contributed by atoms with Crippen LogP contribution in [-0.2, 0) is 19.1 Å². The summed E-state index contributed by atoms with van der Waals surface area (Å²) in [7, 11) is 0. The van der Waals surface area contributed by atoms with E-state index in [9.17, 15) is 9.59 Å². The molecule has 0 aliphatic rings. The van der Waals surface area contributed by atoms with Gasteiger partial charge in [-0.2, -0.15) is 0 Å². The van der Waals surface area contributed by atoms with Crippen molar-refractivity contribution in [3.63, 3.8) is 0 Å². The standard InChI is InChI=1S/C5H4Br4O4/c6-2(7)4(10)12-1-13-5(11)3(8)9/h2-3H,1H2. The molecule has 0 bridgehead atoms. The third-order valence-electron chi connectivity index (χ3n) is 0.759. The van der Waals surface area contributed by atoms with Crippen molar-refractivity contribution in [1.82, 2.24) is 0 Å². The SMILES string of the molecule is O=C(OCOC(=O)C(Br)Br)C(Br)Br. The Balaban J connectivity index is 3.57. The molecule has 0 unspecified atom stereocenters. The van der Waals surface area contributed by atoms with Crippen LogP contribution in [0.15, 0.2) is 0 Å². The van der Waals surface area contributed by atoms with E-state index < -0.39 is 26.2 Å². The third kappa shape index (κ3) is 6.87. The molecule has 0 N–H and O–H groups in total. The van der Waals surface area contributed by atoms with Gasteiger partial charge in [0, 0.05) is 0 Å². The number of hydrogen-bond acceptors (Lipinski definition) is 4. The zero-order valence-electron chi connectivity index (χ0n) is 6.01. The predicted octanol–water partition coefficient (Wildman–Crippen LogP) is 2.26. The molecule has 0 fully saturated rings. The highest BCUT2D eigenvalue weighted by molar-refractivity contribution is 9.25. The van der Waals surface area contributed by atoms with Gasteiger partial charge in [-0.3, -0.25) is 0 Å². The van der Waals surface area contributed by atoms with E-state index in [4.69, 9.17) is 0 Å². The Bertz CT molecular complexity index is 173. The third-order valence-corrected chi connectivity index (χ3v) is 2.25. The van der Waals surface area contributed by atoms with Crippen LogP contribution in [0.5, 0.6) is 0 Å². The Hall–Kier alpha value is 0.860. The Kier molecular flexibility index (Phi) is 7.67. The average Bonchev–Trinajstić information content (AvgIpc) is 2.03. The maximum absolute atomic E-state index is 10.8. The van der Waals surface area contributed by atoms with Crippen LogP contribution in [0.2, 0.25) is 0 Å². The summed E-state index contributed by atoms with van der Waals surface area (Å²) in [5.41, 5.74) is 0. The van der Waals surface area contributed by atoms with Gasteiger partial charge in [0.1, 0.15) is 0 Å². The van der Waals surface area contributed by atoms with Gasteiger partial charge in [0.2, 0.25) is 6.79 Å². The lowest BCUT2D eigenvalue weighted by molar-refractivity contribution is -0.163. The highest BCUT2D eigenvalue weighted by Crippen LogP contribution is 2.11. The van der Waals surface area contributed by atoms with Gasteiger partial charge in [-0.1, -0.05) is 63.7 Å². The zero-order chi connectivity index (χ0) is 10.4. The number of carbonyl (C=O) groups is 2. The summed E-state index contributed by atoms with van der Waals surface area (Å²) in [6.45, 7) is -0.404. The van der Waals surface area contributed by atoms with Crippen LogP contribution < -0.4 is 0 Å². The molecule has 0 aromatic carbocycles. The fraction of sp³-hybridized carbons (Fsp3) is 0.600. The largest absolute Gasteiger partial charge is 0.426 e. The van der Waals surface area contributed by atoms with Gasteiger partial charge >= 0.3 is 11.9 Å². The zero-order valence-corrected chi connectivity index (χ0v) is 12.4. The summed E-state index contributed by atoms with van der Waals surface area (Å²) in [4.78, 5) is 21.5. The van der Waals surface area contributed by atoms with Gasteiger partial charge in [0.25, 0.3) is 0 Å². The lowest BCUT2D eigenvalue weighted by atomic mass is 10.8. The molecule has 0 radical (unpaired) electrons. The smallest absolute Gasteiger partial charge is 0.333 e. The monoisotopic (exact) mass is 444 g/mol. The number of carbonyl (C=O) groups excluding carboxylic acids is 2. The second kappa shape index (κ2) is 7.19. The number of hydrogen-bond donors (Lipinski definition) is 0. The molecule has 0 aromatic rings. The predicted molar refractivity (Wildman–Crippen MR) is 60.3 cm³/mol. The highest BCUT2D eigenvalue weighted by atomic mass is 79.9. The molecule has 0 saturated carbocycles. The second-order valence-electron chi connectivity index (χ2n) is 1.65. The maximum Gasteiger partial charge on any atom is 0.333 e. The summed E-state index contributed by atoms with van der Waals surface area (Å²) in [6.07, 6.45) is 0. The number of halogens is 4. The van der Waals surface area contributed by atoms with Gasteiger partial charge in [0.15, 0.2) is 7.47 Å². The molecule has 0 saturated heterocycles. The minimum absolute atomic E-state index is 0.404. The molecule has 8 heteroatoms. The van der Waals surface area contributed by atoms with Crippen LogP contribution in [0, 0.1) is 0 Å². The minimum atomic E-state index is -0.595. The number of esters is 2. The van der Waals surface area contributed by atoms with Crippen molar-refractivity contribution < 1.29 is 19.1 Å². The molecule has 0 atom stereocenters. The van der Waals surface area contributed by atoms with Crippen LogP contribution in [-0.4, -0.2) is 26.2 Å².